The third-order valence-electron chi connectivity index (χ3n) is 4.26. The molecule has 28 heavy (non-hydrogen) atoms. The molecule has 1 amide bonds. The Bertz CT molecular complexity index is 922. The molecule has 0 aliphatic rings. The lowest BCUT2D eigenvalue weighted by Crippen LogP contribution is -2.14. The monoisotopic (exact) mass is 406 g/mol. The normalized spacial score (nSPS) is 11.5. The van der Waals surface area contributed by atoms with Gasteiger partial charge in [0.05, 0.1) is 12.0 Å². The molecule has 3 N–H and O–H groups in total. The molecule has 0 spiro atoms. The summed E-state index contributed by atoms with van der Waals surface area (Å²) in [5.41, 5.74) is 2.17. The number of sulfonamides is 1. The van der Waals surface area contributed by atoms with Crippen LogP contribution in [0.2, 0.25) is 0 Å². The Kier molecular flexibility index (Phi) is 6.56. The SMILES string of the molecule is COC(=O)Nc1ccc(S(=O)(=O)Nc2cc(C(C)C)c(O)c(C(C)C)c2)cc1. The summed E-state index contributed by atoms with van der Waals surface area (Å²) in [6, 6.07) is 9.03. The molecule has 0 bridgehead atoms. The average molecular weight is 407 g/mol. The minimum absolute atomic E-state index is 0.0330. The second-order valence-electron chi connectivity index (χ2n) is 7.06. The lowest BCUT2D eigenvalue weighted by Gasteiger charge is -2.18. The number of rotatable bonds is 6. The van der Waals surface area contributed by atoms with Crippen molar-refractivity contribution in [3.8, 4) is 5.75 Å². The van der Waals surface area contributed by atoms with Crippen molar-refractivity contribution in [1.29, 1.82) is 0 Å². The fraction of sp³-hybridized carbons (Fsp3) is 0.350. The molecule has 152 valence electrons. The van der Waals surface area contributed by atoms with Crippen LogP contribution in [0.4, 0.5) is 16.2 Å². The molecule has 8 heteroatoms. The Labute approximate surface area is 165 Å². The highest BCUT2D eigenvalue weighted by molar-refractivity contribution is 7.92. The number of carbonyl (C=O) groups is 1. The molecule has 0 aliphatic heterocycles. The maximum atomic E-state index is 12.8. The highest BCUT2D eigenvalue weighted by atomic mass is 32.2. The maximum absolute atomic E-state index is 12.8. The van der Waals surface area contributed by atoms with Crippen molar-refractivity contribution in [3.63, 3.8) is 0 Å². The van der Waals surface area contributed by atoms with Crippen molar-refractivity contribution >= 4 is 27.5 Å². The van der Waals surface area contributed by atoms with E-state index in [1.807, 2.05) is 27.7 Å². The van der Waals surface area contributed by atoms with Crippen molar-refractivity contribution < 1.29 is 23.1 Å². The van der Waals surface area contributed by atoms with Crippen LogP contribution in [-0.2, 0) is 14.8 Å². The lowest BCUT2D eigenvalue weighted by molar-refractivity contribution is 0.187. The van der Waals surface area contributed by atoms with Gasteiger partial charge in [0.25, 0.3) is 10.0 Å². The van der Waals surface area contributed by atoms with Gasteiger partial charge >= 0.3 is 6.09 Å². The van der Waals surface area contributed by atoms with Crippen molar-refractivity contribution in [2.24, 2.45) is 0 Å². The van der Waals surface area contributed by atoms with Crippen molar-refractivity contribution in [3.05, 3.63) is 47.5 Å². The van der Waals surface area contributed by atoms with E-state index >= 15 is 0 Å². The first-order valence-electron chi connectivity index (χ1n) is 8.89. The maximum Gasteiger partial charge on any atom is 0.411 e. The summed E-state index contributed by atoms with van der Waals surface area (Å²) in [7, 11) is -2.59. The van der Waals surface area contributed by atoms with E-state index in [0.717, 1.165) is 0 Å². The van der Waals surface area contributed by atoms with E-state index in [0.29, 0.717) is 22.5 Å². The number of benzene rings is 2. The first-order chi connectivity index (χ1) is 13.0. The van der Waals surface area contributed by atoms with Crippen LogP contribution in [0.3, 0.4) is 0 Å². The molecule has 0 saturated carbocycles. The molecule has 0 fully saturated rings. The van der Waals surface area contributed by atoms with E-state index in [2.05, 4.69) is 14.8 Å². The fourth-order valence-corrected chi connectivity index (χ4v) is 3.76. The summed E-state index contributed by atoms with van der Waals surface area (Å²) in [5, 5.41) is 12.9. The first-order valence-corrected chi connectivity index (χ1v) is 10.4. The minimum atomic E-state index is -3.84. The summed E-state index contributed by atoms with van der Waals surface area (Å²) >= 11 is 0. The molecular weight excluding hydrogens is 380 g/mol. The van der Waals surface area contributed by atoms with Gasteiger partial charge in [-0.3, -0.25) is 10.0 Å². The molecule has 2 aromatic carbocycles. The van der Waals surface area contributed by atoms with Gasteiger partial charge in [0.15, 0.2) is 0 Å². The number of nitrogens with one attached hydrogen (secondary N) is 2. The summed E-state index contributed by atoms with van der Waals surface area (Å²) in [6.07, 6.45) is -0.639. The Balaban J connectivity index is 2.34. The smallest absolute Gasteiger partial charge is 0.411 e. The second kappa shape index (κ2) is 8.52. The van der Waals surface area contributed by atoms with Crippen LogP contribution in [0.15, 0.2) is 41.3 Å². The van der Waals surface area contributed by atoms with Gasteiger partial charge in [-0.25, -0.2) is 13.2 Å². The second-order valence-corrected chi connectivity index (χ2v) is 8.74. The predicted octanol–water partition coefficient (Wildman–Crippen LogP) is 4.62. The zero-order valence-corrected chi connectivity index (χ0v) is 17.4. The number of carbonyl (C=O) groups excluding carboxylic acids is 1. The van der Waals surface area contributed by atoms with Crippen LogP contribution in [0.5, 0.6) is 5.75 Å². The lowest BCUT2D eigenvalue weighted by atomic mass is 9.93. The van der Waals surface area contributed by atoms with E-state index in [-0.39, 0.29) is 22.5 Å². The van der Waals surface area contributed by atoms with Crippen LogP contribution < -0.4 is 10.0 Å². The molecule has 0 aliphatic carbocycles. The number of ether oxygens (including phenoxy) is 1. The molecule has 0 radical (unpaired) electrons. The Hall–Kier alpha value is -2.74. The van der Waals surface area contributed by atoms with Crippen molar-refractivity contribution in [2.45, 2.75) is 44.4 Å². The van der Waals surface area contributed by atoms with Crippen LogP contribution in [0, 0.1) is 0 Å². The van der Waals surface area contributed by atoms with Crippen LogP contribution in [0.25, 0.3) is 0 Å². The van der Waals surface area contributed by atoms with E-state index < -0.39 is 16.1 Å². The molecule has 0 heterocycles. The molecule has 7 nitrogen and oxygen atoms in total. The van der Waals surface area contributed by atoms with E-state index in [4.69, 9.17) is 0 Å². The number of anilines is 2. The first kappa shape index (κ1) is 21.6. The molecule has 0 unspecified atom stereocenters. The molecule has 2 rings (SSSR count). The van der Waals surface area contributed by atoms with Gasteiger partial charge in [-0.15, -0.1) is 0 Å². The van der Waals surface area contributed by atoms with Crippen molar-refractivity contribution in [2.75, 3.05) is 17.1 Å². The van der Waals surface area contributed by atoms with Gasteiger partial charge in [0.1, 0.15) is 5.75 Å². The highest BCUT2D eigenvalue weighted by Crippen LogP contribution is 2.37. The Morgan fingerprint density at radius 3 is 1.89 bits per heavy atom. The topological polar surface area (TPSA) is 105 Å². The number of aromatic hydroxyl groups is 1. The number of methoxy groups -OCH3 is 1. The quantitative estimate of drug-likeness (QED) is 0.607. The molecule has 0 atom stereocenters. The number of amides is 1. The standard InChI is InChI=1S/C20H26N2O5S/c1-12(2)17-10-15(11-18(13(3)4)19(17)23)22-28(25,26)16-8-6-14(7-9-16)21-20(24)27-5/h6-13,22-23H,1-5H3,(H,21,24). The zero-order chi connectivity index (χ0) is 21.1. The zero-order valence-electron chi connectivity index (χ0n) is 16.6. The van der Waals surface area contributed by atoms with Gasteiger partial charge in [0, 0.05) is 11.4 Å². The molecule has 0 aromatic heterocycles. The van der Waals surface area contributed by atoms with Crippen LogP contribution >= 0.6 is 0 Å². The number of hydrogen-bond donors (Lipinski definition) is 3. The van der Waals surface area contributed by atoms with E-state index in [1.54, 1.807) is 12.1 Å². The molecule has 0 saturated heterocycles. The fourth-order valence-electron chi connectivity index (χ4n) is 2.72. The number of hydrogen-bond acceptors (Lipinski definition) is 5. The van der Waals surface area contributed by atoms with E-state index in [1.165, 1.54) is 31.4 Å². The largest absolute Gasteiger partial charge is 0.507 e. The third kappa shape index (κ3) is 4.95. The Morgan fingerprint density at radius 2 is 1.46 bits per heavy atom. The molecular formula is C20H26N2O5S. The van der Waals surface area contributed by atoms with E-state index in [9.17, 15) is 18.3 Å². The number of phenols is 1. The summed E-state index contributed by atoms with van der Waals surface area (Å²) in [6.45, 7) is 7.74. The summed E-state index contributed by atoms with van der Waals surface area (Å²) in [4.78, 5) is 11.3. The predicted molar refractivity (Wildman–Crippen MR) is 110 cm³/mol. The van der Waals surface area contributed by atoms with Gasteiger partial charge in [-0.1, -0.05) is 27.7 Å². The van der Waals surface area contributed by atoms with Gasteiger partial charge in [0.2, 0.25) is 0 Å². The summed E-state index contributed by atoms with van der Waals surface area (Å²) in [5.74, 6) is 0.266. The number of phenolic OH excluding ortho intramolecular Hbond substituents is 1. The van der Waals surface area contributed by atoms with Crippen molar-refractivity contribution in [1.82, 2.24) is 0 Å². The third-order valence-corrected chi connectivity index (χ3v) is 5.66. The Morgan fingerprint density at radius 1 is 0.964 bits per heavy atom. The summed E-state index contributed by atoms with van der Waals surface area (Å²) < 4.78 is 32.6. The highest BCUT2D eigenvalue weighted by Gasteiger charge is 2.19. The molecule has 2 aromatic rings. The van der Waals surface area contributed by atoms with Gasteiger partial charge in [-0.2, -0.15) is 0 Å². The minimum Gasteiger partial charge on any atom is -0.507 e. The average Bonchev–Trinajstić information content (AvgIpc) is 2.62. The van der Waals surface area contributed by atoms with Gasteiger partial charge < -0.3 is 9.84 Å². The van der Waals surface area contributed by atoms with Gasteiger partial charge in [-0.05, 0) is 59.4 Å². The van der Waals surface area contributed by atoms with Crippen LogP contribution in [-0.4, -0.2) is 26.7 Å². The van der Waals surface area contributed by atoms with Crippen LogP contribution in [0.1, 0.15) is 50.7 Å².